The Morgan fingerprint density at radius 3 is 2.33 bits per heavy atom. The van der Waals surface area contributed by atoms with Crippen LogP contribution >= 0.6 is 0 Å². The lowest BCUT2D eigenvalue weighted by atomic mass is 9.99. The van der Waals surface area contributed by atoms with Gasteiger partial charge >= 0.3 is 5.97 Å². The first-order valence-electron chi connectivity index (χ1n) is 7.79. The van der Waals surface area contributed by atoms with Gasteiger partial charge in [-0.1, -0.05) is 31.7 Å². The van der Waals surface area contributed by atoms with E-state index in [4.69, 9.17) is 5.11 Å². The highest BCUT2D eigenvalue weighted by Gasteiger charge is 2.29. The molecule has 1 aromatic carbocycles. The Hall–Kier alpha value is -1.84. The molecule has 4 nitrogen and oxygen atoms in total. The minimum atomic E-state index is -0.911. The molecule has 1 fully saturated rings. The van der Waals surface area contributed by atoms with E-state index in [1.54, 1.807) is 12.1 Å². The zero-order valence-corrected chi connectivity index (χ0v) is 12.2. The van der Waals surface area contributed by atoms with Crippen molar-refractivity contribution in [2.24, 2.45) is 5.92 Å². The summed E-state index contributed by atoms with van der Waals surface area (Å²) in [5, 5.41) is 9.05. The quantitative estimate of drug-likeness (QED) is 0.850. The fourth-order valence-electron chi connectivity index (χ4n) is 3.47. The molecule has 1 saturated carbocycles. The summed E-state index contributed by atoms with van der Waals surface area (Å²) in [7, 11) is 0. The first kappa shape index (κ1) is 14.1. The Labute approximate surface area is 124 Å². The van der Waals surface area contributed by atoms with E-state index >= 15 is 0 Å². The largest absolute Gasteiger partial charge is 0.478 e. The summed E-state index contributed by atoms with van der Waals surface area (Å²) in [6.45, 7) is 1.19. The predicted octanol–water partition coefficient (Wildman–Crippen LogP) is 3.20. The van der Waals surface area contributed by atoms with Crippen molar-refractivity contribution < 1.29 is 14.7 Å². The number of carboxylic acid groups (broad SMARTS) is 1. The van der Waals surface area contributed by atoms with E-state index in [1.807, 2.05) is 11.0 Å². The molecule has 1 amide bonds. The third-order valence-electron chi connectivity index (χ3n) is 4.69. The Morgan fingerprint density at radius 2 is 1.67 bits per heavy atom. The zero-order valence-electron chi connectivity index (χ0n) is 12.2. The lowest BCUT2D eigenvalue weighted by Crippen LogP contribution is -2.31. The summed E-state index contributed by atoms with van der Waals surface area (Å²) in [4.78, 5) is 25.6. The number of carbonyl (C=O) groups is 2. The maximum Gasteiger partial charge on any atom is 0.335 e. The standard InChI is InChI=1S/C17H21NO3/c19-16(12-5-3-1-2-4-6-12)18-10-14-8-7-13(17(20)21)9-15(14)11-18/h7-9,12H,1-6,10-11H2,(H,20,21). The fourth-order valence-corrected chi connectivity index (χ4v) is 3.47. The van der Waals surface area contributed by atoms with Gasteiger partial charge in [-0.05, 0) is 36.1 Å². The van der Waals surface area contributed by atoms with Crippen LogP contribution in [0, 0.1) is 5.92 Å². The normalized spacial score (nSPS) is 19.1. The van der Waals surface area contributed by atoms with Crippen molar-refractivity contribution in [3.8, 4) is 0 Å². The van der Waals surface area contributed by atoms with Crippen molar-refractivity contribution in [1.29, 1.82) is 0 Å². The first-order chi connectivity index (χ1) is 10.1. The van der Waals surface area contributed by atoms with Crippen LogP contribution in [0.1, 0.15) is 60.0 Å². The van der Waals surface area contributed by atoms with E-state index in [0.29, 0.717) is 18.7 Å². The Morgan fingerprint density at radius 1 is 1.00 bits per heavy atom. The van der Waals surface area contributed by atoms with Gasteiger partial charge < -0.3 is 10.0 Å². The van der Waals surface area contributed by atoms with E-state index in [1.165, 1.54) is 12.8 Å². The molecule has 0 bridgehead atoms. The third kappa shape index (κ3) is 2.94. The van der Waals surface area contributed by atoms with Gasteiger partial charge in [0, 0.05) is 19.0 Å². The molecule has 0 aromatic heterocycles. The number of carbonyl (C=O) groups excluding carboxylic acids is 1. The van der Waals surface area contributed by atoms with Gasteiger partial charge in [0.1, 0.15) is 0 Å². The molecule has 1 N–H and O–H groups in total. The number of hydrogen-bond acceptors (Lipinski definition) is 2. The molecular weight excluding hydrogens is 266 g/mol. The lowest BCUT2D eigenvalue weighted by Gasteiger charge is -2.22. The molecule has 1 aliphatic heterocycles. The average Bonchev–Trinajstić information content (AvgIpc) is 2.71. The van der Waals surface area contributed by atoms with Crippen LogP contribution in [-0.2, 0) is 17.9 Å². The Bertz CT molecular complexity index is 559. The summed E-state index contributed by atoms with van der Waals surface area (Å²) >= 11 is 0. The van der Waals surface area contributed by atoms with E-state index in [2.05, 4.69) is 0 Å². The number of hydrogen-bond donors (Lipinski definition) is 1. The molecule has 4 heteroatoms. The van der Waals surface area contributed by atoms with Gasteiger partial charge in [0.05, 0.1) is 5.56 Å². The highest BCUT2D eigenvalue weighted by Crippen LogP contribution is 2.29. The Kier molecular flexibility index (Phi) is 3.95. The van der Waals surface area contributed by atoms with Crippen molar-refractivity contribution in [2.75, 3.05) is 0 Å². The molecule has 0 radical (unpaired) electrons. The van der Waals surface area contributed by atoms with Gasteiger partial charge in [0.25, 0.3) is 0 Å². The second-order valence-corrected chi connectivity index (χ2v) is 6.17. The molecule has 112 valence electrons. The molecular formula is C17H21NO3. The van der Waals surface area contributed by atoms with Gasteiger partial charge in [-0.25, -0.2) is 4.79 Å². The van der Waals surface area contributed by atoms with Gasteiger partial charge in [-0.2, -0.15) is 0 Å². The number of carboxylic acids is 1. The number of nitrogens with zero attached hydrogens (tertiary/aromatic N) is 1. The van der Waals surface area contributed by atoms with Crippen LogP contribution in [0.4, 0.5) is 0 Å². The number of fused-ring (bicyclic) bond motifs is 1. The van der Waals surface area contributed by atoms with Crippen molar-refractivity contribution >= 4 is 11.9 Å². The molecule has 1 aliphatic carbocycles. The highest BCUT2D eigenvalue weighted by molar-refractivity contribution is 5.88. The number of amides is 1. The van der Waals surface area contributed by atoms with Crippen LogP contribution in [-0.4, -0.2) is 21.9 Å². The SMILES string of the molecule is O=C(O)c1ccc2c(c1)CN(C(=O)C1CCCCCC1)C2. The van der Waals surface area contributed by atoms with Crippen LogP contribution < -0.4 is 0 Å². The van der Waals surface area contributed by atoms with Gasteiger partial charge in [-0.15, -0.1) is 0 Å². The van der Waals surface area contributed by atoms with Crippen LogP contribution in [0.3, 0.4) is 0 Å². The molecule has 1 heterocycles. The minimum Gasteiger partial charge on any atom is -0.478 e. The summed E-state index contributed by atoms with van der Waals surface area (Å²) in [6, 6.07) is 5.18. The summed E-state index contributed by atoms with van der Waals surface area (Å²) in [6.07, 6.45) is 6.80. The fraction of sp³-hybridized carbons (Fsp3) is 0.529. The van der Waals surface area contributed by atoms with Crippen LogP contribution in [0.5, 0.6) is 0 Å². The van der Waals surface area contributed by atoms with Crippen molar-refractivity contribution in [3.05, 3.63) is 34.9 Å². The van der Waals surface area contributed by atoms with Crippen molar-refractivity contribution in [2.45, 2.75) is 51.6 Å². The monoisotopic (exact) mass is 287 g/mol. The molecule has 0 atom stereocenters. The highest BCUT2D eigenvalue weighted by atomic mass is 16.4. The average molecular weight is 287 g/mol. The van der Waals surface area contributed by atoms with Crippen molar-refractivity contribution in [1.82, 2.24) is 4.90 Å². The van der Waals surface area contributed by atoms with Gasteiger partial charge in [-0.3, -0.25) is 4.79 Å². The Balaban J connectivity index is 1.71. The van der Waals surface area contributed by atoms with Crippen LogP contribution in [0.25, 0.3) is 0 Å². The summed E-state index contributed by atoms with van der Waals surface area (Å²) in [5.74, 6) is -0.489. The topological polar surface area (TPSA) is 57.6 Å². The molecule has 1 aromatic rings. The lowest BCUT2D eigenvalue weighted by molar-refractivity contribution is -0.136. The molecule has 3 rings (SSSR count). The van der Waals surface area contributed by atoms with E-state index < -0.39 is 5.97 Å². The minimum absolute atomic E-state index is 0.167. The molecule has 0 spiro atoms. The van der Waals surface area contributed by atoms with E-state index in [9.17, 15) is 9.59 Å². The van der Waals surface area contributed by atoms with Gasteiger partial charge in [0.2, 0.25) is 5.91 Å². The predicted molar refractivity (Wildman–Crippen MR) is 78.8 cm³/mol. The second kappa shape index (κ2) is 5.88. The molecule has 2 aliphatic rings. The smallest absolute Gasteiger partial charge is 0.335 e. The molecule has 0 saturated heterocycles. The summed E-state index contributed by atoms with van der Waals surface area (Å²) < 4.78 is 0. The number of rotatable bonds is 2. The van der Waals surface area contributed by atoms with Crippen molar-refractivity contribution in [3.63, 3.8) is 0 Å². The van der Waals surface area contributed by atoms with E-state index in [0.717, 1.165) is 36.8 Å². The maximum atomic E-state index is 12.7. The third-order valence-corrected chi connectivity index (χ3v) is 4.69. The molecule has 0 unspecified atom stereocenters. The van der Waals surface area contributed by atoms with Crippen LogP contribution in [0.2, 0.25) is 0 Å². The van der Waals surface area contributed by atoms with Gasteiger partial charge in [0.15, 0.2) is 0 Å². The van der Waals surface area contributed by atoms with Crippen LogP contribution in [0.15, 0.2) is 18.2 Å². The molecule has 21 heavy (non-hydrogen) atoms. The van der Waals surface area contributed by atoms with E-state index in [-0.39, 0.29) is 11.8 Å². The number of aromatic carboxylic acids is 1. The summed E-state index contributed by atoms with van der Waals surface area (Å²) in [5.41, 5.74) is 2.37. The first-order valence-corrected chi connectivity index (χ1v) is 7.79. The number of benzene rings is 1. The maximum absolute atomic E-state index is 12.7. The second-order valence-electron chi connectivity index (χ2n) is 6.17. The zero-order chi connectivity index (χ0) is 14.8.